The number of alkyl halides is 1. The molecule has 0 radical (unpaired) electrons. The number of esters is 1. The van der Waals surface area contributed by atoms with E-state index in [0.29, 0.717) is 11.8 Å². The summed E-state index contributed by atoms with van der Waals surface area (Å²) in [6.07, 6.45) is 2.25. The van der Waals surface area contributed by atoms with Crippen LogP contribution < -0.4 is 5.32 Å². The molecule has 0 spiro atoms. The van der Waals surface area contributed by atoms with Gasteiger partial charge in [-0.3, -0.25) is 4.79 Å². The first-order valence-corrected chi connectivity index (χ1v) is 12.1. The molecule has 3 aromatic carbocycles. The lowest BCUT2D eigenvalue weighted by molar-refractivity contribution is -0.668. The molecule has 1 aliphatic heterocycles. The van der Waals surface area contributed by atoms with Crippen LogP contribution in [0.15, 0.2) is 91.0 Å². The van der Waals surface area contributed by atoms with Crippen molar-refractivity contribution in [2.45, 2.75) is 30.3 Å². The lowest BCUT2D eigenvalue weighted by Crippen LogP contribution is -2.87. The number of halogens is 1. The second kappa shape index (κ2) is 9.80. The molecule has 0 aromatic heterocycles. The van der Waals surface area contributed by atoms with Gasteiger partial charge in [0.15, 0.2) is 0 Å². The summed E-state index contributed by atoms with van der Waals surface area (Å²) >= 11 is 3.62. The van der Waals surface area contributed by atoms with Crippen molar-refractivity contribution < 1.29 is 14.8 Å². The first-order chi connectivity index (χ1) is 15.2. The number of carbonyl (C=O) groups is 1. The Labute approximate surface area is 193 Å². The molecule has 31 heavy (non-hydrogen) atoms. The maximum absolute atomic E-state index is 14.2. The summed E-state index contributed by atoms with van der Waals surface area (Å²) in [4.78, 5) is 14.2. The van der Waals surface area contributed by atoms with Gasteiger partial charge in [0, 0.05) is 18.2 Å². The van der Waals surface area contributed by atoms with E-state index in [4.69, 9.17) is 4.74 Å². The number of hydrogen-bond donors (Lipinski definition) is 1. The molecule has 0 saturated carbocycles. The molecule has 2 N–H and O–H groups in total. The lowest BCUT2D eigenvalue weighted by Gasteiger charge is -2.40. The van der Waals surface area contributed by atoms with Gasteiger partial charge in [-0.1, -0.05) is 107 Å². The Morgan fingerprint density at radius 1 is 0.839 bits per heavy atom. The van der Waals surface area contributed by atoms with E-state index < -0.39 is 11.0 Å². The largest absolute Gasteiger partial charge is 0.453 e. The van der Waals surface area contributed by atoms with Crippen molar-refractivity contribution in [1.82, 2.24) is 0 Å². The summed E-state index contributed by atoms with van der Waals surface area (Å²) in [6.45, 7) is 1.90. The molecule has 4 rings (SSSR count). The number of benzene rings is 3. The molecular weight excluding hydrogens is 450 g/mol. The maximum Gasteiger partial charge on any atom is 0.322 e. The number of nitrogens with two attached hydrogens (primary N) is 1. The zero-order valence-corrected chi connectivity index (χ0v) is 19.3. The molecule has 160 valence electrons. The van der Waals surface area contributed by atoms with Crippen LogP contribution in [0.4, 0.5) is 0 Å². The van der Waals surface area contributed by atoms with E-state index in [2.05, 4.69) is 33.4 Å². The number of carbonyl (C=O) groups excluding carboxylic acids is 1. The van der Waals surface area contributed by atoms with Crippen LogP contribution in [0.3, 0.4) is 0 Å². The Bertz CT molecular complexity index is 930. The summed E-state index contributed by atoms with van der Waals surface area (Å²) in [5.41, 5.74) is 1.57. The number of rotatable bonds is 7. The van der Waals surface area contributed by atoms with Gasteiger partial charge in [-0.05, 0) is 23.1 Å². The normalized spacial score (nSPS) is 15.9. The standard InChI is InChI=1S/C27H28BrNO2/c28-19-16-27(23-12-6-2-7-13-23,24-14-8-3-9-15-24)25(30)31-26(17-20-29-21-18-26)22-10-4-1-5-11-22/h1-15,29H,16-21H2/p+1. The molecule has 1 saturated heterocycles. The van der Waals surface area contributed by atoms with E-state index in [0.717, 1.165) is 42.6 Å². The summed E-state index contributed by atoms with van der Waals surface area (Å²) in [5.74, 6) is -0.171. The quantitative estimate of drug-likeness (QED) is 0.399. The highest BCUT2D eigenvalue weighted by Crippen LogP contribution is 2.42. The highest BCUT2D eigenvalue weighted by Gasteiger charge is 2.48. The van der Waals surface area contributed by atoms with Crippen LogP contribution in [0.25, 0.3) is 0 Å². The van der Waals surface area contributed by atoms with E-state index in [1.54, 1.807) is 0 Å². The van der Waals surface area contributed by atoms with Gasteiger partial charge in [0.2, 0.25) is 0 Å². The third-order valence-electron chi connectivity index (χ3n) is 6.44. The van der Waals surface area contributed by atoms with Gasteiger partial charge in [0.1, 0.15) is 11.0 Å². The van der Waals surface area contributed by atoms with Crippen molar-refractivity contribution in [3.63, 3.8) is 0 Å². The zero-order chi connectivity index (χ0) is 21.6. The molecule has 0 amide bonds. The van der Waals surface area contributed by atoms with Crippen molar-refractivity contribution >= 4 is 21.9 Å². The third kappa shape index (κ3) is 4.32. The van der Waals surface area contributed by atoms with Crippen LogP contribution >= 0.6 is 15.9 Å². The smallest absolute Gasteiger partial charge is 0.322 e. The number of piperidine rings is 1. The highest BCUT2D eigenvalue weighted by atomic mass is 79.9. The summed E-state index contributed by atoms with van der Waals surface area (Å²) < 4.78 is 6.61. The van der Waals surface area contributed by atoms with Crippen LogP contribution in [-0.2, 0) is 20.5 Å². The van der Waals surface area contributed by atoms with Crippen molar-refractivity contribution in [2.75, 3.05) is 18.4 Å². The van der Waals surface area contributed by atoms with Crippen molar-refractivity contribution in [1.29, 1.82) is 0 Å². The zero-order valence-electron chi connectivity index (χ0n) is 17.7. The number of hydrogen-bond acceptors (Lipinski definition) is 2. The van der Waals surface area contributed by atoms with E-state index in [1.165, 1.54) is 0 Å². The minimum absolute atomic E-state index is 0.171. The Morgan fingerprint density at radius 3 is 1.81 bits per heavy atom. The first-order valence-electron chi connectivity index (χ1n) is 11.0. The molecular formula is C27H29BrNO2+. The second-order valence-corrected chi connectivity index (χ2v) is 8.99. The average molecular weight is 479 g/mol. The molecule has 3 nitrogen and oxygen atoms in total. The molecule has 0 atom stereocenters. The SMILES string of the molecule is O=C(OC1(c2ccccc2)CC[NH2+]CC1)C(CCBr)(c1ccccc1)c1ccccc1. The fourth-order valence-corrected chi connectivity index (χ4v) is 5.37. The van der Waals surface area contributed by atoms with Gasteiger partial charge in [0.25, 0.3) is 0 Å². The molecule has 1 fully saturated rings. The predicted molar refractivity (Wildman–Crippen MR) is 127 cm³/mol. The van der Waals surface area contributed by atoms with Crippen LogP contribution in [0.1, 0.15) is 36.0 Å². The fourth-order valence-electron chi connectivity index (χ4n) is 4.78. The minimum Gasteiger partial charge on any atom is -0.453 e. The van der Waals surface area contributed by atoms with Gasteiger partial charge < -0.3 is 10.1 Å². The van der Waals surface area contributed by atoms with Gasteiger partial charge >= 0.3 is 5.97 Å². The second-order valence-electron chi connectivity index (χ2n) is 8.19. The van der Waals surface area contributed by atoms with Crippen LogP contribution in [0.5, 0.6) is 0 Å². The summed E-state index contributed by atoms with van der Waals surface area (Å²) in [5, 5.41) is 2.99. The van der Waals surface area contributed by atoms with E-state index >= 15 is 0 Å². The highest BCUT2D eigenvalue weighted by molar-refractivity contribution is 9.09. The molecule has 1 heterocycles. The van der Waals surface area contributed by atoms with Crippen molar-refractivity contribution in [3.8, 4) is 0 Å². The Morgan fingerprint density at radius 2 is 1.32 bits per heavy atom. The first kappa shape index (κ1) is 21.8. The van der Waals surface area contributed by atoms with Crippen LogP contribution in [0.2, 0.25) is 0 Å². The van der Waals surface area contributed by atoms with Gasteiger partial charge in [-0.15, -0.1) is 0 Å². The predicted octanol–water partition coefficient (Wildman–Crippen LogP) is 4.55. The molecule has 0 aliphatic carbocycles. The van der Waals surface area contributed by atoms with Crippen LogP contribution in [-0.4, -0.2) is 24.4 Å². The Kier molecular flexibility index (Phi) is 6.89. The summed E-state index contributed by atoms with van der Waals surface area (Å²) in [6, 6.07) is 30.4. The van der Waals surface area contributed by atoms with Crippen molar-refractivity contribution in [3.05, 3.63) is 108 Å². The maximum atomic E-state index is 14.2. The van der Waals surface area contributed by atoms with Crippen molar-refractivity contribution in [2.24, 2.45) is 0 Å². The third-order valence-corrected chi connectivity index (χ3v) is 6.84. The fraction of sp³-hybridized carbons (Fsp3) is 0.296. The van der Waals surface area contributed by atoms with Gasteiger partial charge in [0.05, 0.1) is 13.1 Å². The molecule has 4 heteroatoms. The number of quaternary nitrogens is 1. The van der Waals surface area contributed by atoms with Crippen LogP contribution in [0, 0.1) is 0 Å². The minimum atomic E-state index is -0.866. The Hall–Kier alpha value is -2.43. The molecule has 1 aliphatic rings. The van der Waals surface area contributed by atoms with Gasteiger partial charge in [-0.2, -0.15) is 0 Å². The van der Waals surface area contributed by atoms with E-state index in [1.807, 2.05) is 78.9 Å². The monoisotopic (exact) mass is 478 g/mol. The molecule has 0 unspecified atom stereocenters. The van der Waals surface area contributed by atoms with E-state index in [-0.39, 0.29) is 5.97 Å². The molecule has 0 bridgehead atoms. The lowest BCUT2D eigenvalue weighted by atomic mass is 9.72. The average Bonchev–Trinajstić information content (AvgIpc) is 2.85. The van der Waals surface area contributed by atoms with E-state index in [9.17, 15) is 4.79 Å². The topological polar surface area (TPSA) is 42.9 Å². The van der Waals surface area contributed by atoms with Gasteiger partial charge in [-0.25, -0.2) is 0 Å². The Balaban J connectivity index is 1.82. The number of ether oxygens (including phenoxy) is 1. The molecule has 3 aromatic rings. The summed E-state index contributed by atoms with van der Waals surface area (Å²) in [7, 11) is 0.